The molecule has 0 aromatic heterocycles. The van der Waals surface area contributed by atoms with Crippen LogP contribution in [0.25, 0.3) is 0 Å². The molecule has 0 unspecified atom stereocenters. The Labute approximate surface area is 239 Å². The first-order valence-corrected chi connectivity index (χ1v) is 16.7. The lowest BCUT2D eigenvalue weighted by molar-refractivity contribution is 0.388. The summed E-state index contributed by atoms with van der Waals surface area (Å²) >= 11 is -2.70. The molecule has 204 valence electrons. The predicted molar refractivity (Wildman–Crippen MR) is 163 cm³/mol. The van der Waals surface area contributed by atoms with E-state index in [4.69, 9.17) is 27.6 Å². The molecule has 1 aliphatic heterocycles. The number of hydrogen-bond acceptors (Lipinski definition) is 4. The number of aliphatic imine (C=N–C) groups is 2. The highest BCUT2D eigenvalue weighted by atomic mass is 35.6. The zero-order valence-corrected chi connectivity index (χ0v) is 26.9. The Balaban J connectivity index is 2.00. The SMILES string of the molecule is CC1=N[C@@H]2CCCC[C@H]2N=C(C)c2cc(C)cc(C(C)(C)C)c2[O][Al]([Cl])[O]c2c1cc(C)cc2C(C)(C)C. The van der Waals surface area contributed by atoms with Crippen LogP contribution in [-0.2, 0) is 10.8 Å². The molecule has 0 amide bonds. The second-order valence-corrected chi connectivity index (χ2v) is 15.3. The summed E-state index contributed by atoms with van der Waals surface area (Å²) in [6.07, 6.45) is 4.45. The van der Waals surface area contributed by atoms with Crippen LogP contribution < -0.4 is 7.58 Å². The first-order valence-electron chi connectivity index (χ1n) is 14.0. The van der Waals surface area contributed by atoms with E-state index in [-0.39, 0.29) is 22.9 Å². The summed E-state index contributed by atoms with van der Waals surface area (Å²) in [7, 11) is 7.07. The average Bonchev–Trinajstić information content (AvgIpc) is 2.80. The molecule has 0 radical (unpaired) electrons. The molecule has 2 aliphatic rings. The number of aryl methyl sites for hydroxylation is 2. The predicted octanol–water partition coefficient (Wildman–Crippen LogP) is 8.52. The van der Waals surface area contributed by atoms with Crippen molar-refractivity contribution in [3.63, 3.8) is 0 Å². The van der Waals surface area contributed by atoms with E-state index >= 15 is 0 Å². The van der Waals surface area contributed by atoms with Crippen molar-refractivity contribution in [3.8, 4) is 11.5 Å². The zero-order chi connectivity index (χ0) is 28.0. The number of fused-ring (bicyclic) bond motifs is 3. The van der Waals surface area contributed by atoms with Crippen molar-refractivity contribution < 1.29 is 7.58 Å². The molecular formula is C32H44AlClN2O2. The van der Waals surface area contributed by atoms with E-state index in [0.717, 1.165) is 58.0 Å². The summed E-state index contributed by atoms with van der Waals surface area (Å²) in [5.41, 5.74) is 8.38. The third-order valence-corrected chi connectivity index (χ3v) is 9.07. The van der Waals surface area contributed by atoms with Gasteiger partial charge < -0.3 is 7.58 Å². The molecule has 0 spiro atoms. The van der Waals surface area contributed by atoms with Crippen LogP contribution in [0.5, 0.6) is 11.5 Å². The highest BCUT2D eigenvalue weighted by molar-refractivity contribution is 7.00. The summed E-state index contributed by atoms with van der Waals surface area (Å²) in [5.74, 6) is 1.62. The summed E-state index contributed by atoms with van der Waals surface area (Å²) < 4.78 is 13.4. The number of nitrogens with zero attached hydrogens (tertiary/aromatic N) is 2. The van der Waals surface area contributed by atoms with Crippen LogP contribution in [0, 0.1) is 13.8 Å². The smallest absolute Gasteiger partial charge is 0.599 e. The second kappa shape index (κ2) is 11.0. The van der Waals surface area contributed by atoms with Gasteiger partial charge >= 0.3 is 13.9 Å². The molecule has 1 fully saturated rings. The van der Waals surface area contributed by atoms with Gasteiger partial charge in [-0.1, -0.05) is 66.5 Å². The fraction of sp³-hybridized carbons (Fsp3) is 0.562. The van der Waals surface area contributed by atoms with Gasteiger partial charge in [-0.15, -0.1) is 0 Å². The van der Waals surface area contributed by atoms with E-state index < -0.39 is 13.9 Å². The Morgan fingerprint density at radius 2 is 1.05 bits per heavy atom. The van der Waals surface area contributed by atoms with Crippen LogP contribution in [0.3, 0.4) is 0 Å². The standard InChI is InChI=1S/C32H46N2O2.Al.ClH/c1-19-15-23(29(35)25(17-19)31(5,6)7)21(3)33-27-13-11-12-14-28(27)34-22(4)24-16-20(2)18-26(30(24)36)32(8,9)10;;/h15-18,27-28,35-36H,11-14H2,1-10H3;;1H/q;+3;/p-3/t27-,28-;;/m1../s1. The van der Waals surface area contributed by atoms with Crippen LogP contribution >= 0.6 is 10.0 Å². The first-order chi connectivity index (χ1) is 17.6. The molecular weight excluding hydrogens is 507 g/mol. The molecule has 4 rings (SSSR count). The zero-order valence-electron chi connectivity index (χ0n) is 25.0. The number of hydrogen-bond donors (Lipinski definition) is 0. The van der Waals surface area contributed by atoms with Crippen LogP contribution in [0.1, 0.15) is 114 Å². The average molecular weight is 551 g/mol. The third-order valence-electron chi connectivity index (χ3n) is 7.70. The van der Waals surface area contributed by atoms with Gasteiger partial charge in [0.1, 0.15) is 0 Å². The normalized spacial score (nSPS) is 20.8. The van der Waals surface area contributed by atoms with Crippen molar-refractivity contribution in [3.05, 3.63) is 57.6 Å². The van der Waals surface area contributed by atoms with Gasteiger partial charge in [0.25, 0.3) is 0 Å². The Morgan fingerprint density at radius 3 is 1.39 bits per heavy atom. The minimum absolute atomic E-state index is 0.131. The maximum absolute atomic E-state index is 7.07. The summed E-state index contributed by atoms with van der Waals surface area (Å²) in [4.78, 5) is 10.6. The molecule has 1 aliphatic carbocycles. The molecule has 2 aromatic carbocycles. The van der Waals surface area contributed by atoms with Gasteiger partial charge in [-0.25, -0.2) is 0 Å². The van der Waals surface area contributed by atoms with Crippen molar-refractivity contribution in [2.75, 3.05) is 0 Å². The molecule has 38 heavy (non-hydrogen) atoms. The van der Waals surface area contributed by atoms with Crippen molar-refractivity contribution in [2.24, 2.45) is 9.98 Å². The van der Waals surface area contributed by atoms with Crippen molar-refractivity contribution in [1.29, 1.82) is 0 Å². The van der Waals surface area contributed by atoms with Gasteiger partial charge in [0.2, 0.25) is 0 Å². The van der Waals surface area contributed by atoms with Crippen molar-refractivity contribution >= 4 is 35.4 Å². The minimum atomic E-state index is -2.70. The number of benzene rings is 2. The van der Waals surface area contributed by atoms with Gasteiger partial charge in [0, 0.05) is 22.6 Å². The lowest BCUT2D eigenvalue weighted by atomic mass is 9.83. The van der Waals surface area contributed by atoms with E-state index in [1.54, 1.807) is 0 Å². The highest BCUT2D eigenvalue weighted by Gasteiger charge is 2.38. The van der Waals surface area contributed by atoms with Gasteiger partial charge in [-0.05, 0) is 85.8 Å². The molecule has 1 heterocycles. The second-order valence-electron chi connectivity index (χ2n) is 13.2. The molecule has 0 N–H and O–H groups in total. The summed E-state index contributed by atoms with van der Waals surface area (Å²) in [6.45, 7) is 21.8. The summed E-state index contributed by atoms with van der Waals surface area (Å²) in [6, 6.07) is 9.10. The maximum atomic E-state index is 7.07. The quantitative estimate of drug-likeness (QED) is 0.308. The van der Waals surface area contributed by atoms with Gasteiger partial charge in [-0.3, -0.25) is 9.98 Å². The molecule has 6 heteroatoms. The van der Waals surface area contributed by atoms with Crippen LogP contribution in [-0.4, -0.2) is 37.4 Å². The van der Waals surface area contributed by atoms with Crippen molar-refractivity contribution in [2.45, 2.75) is 118 Å². The molecule has 1 saturated carbocycles. The Kier molecular flexibility index (Phi) is 8.45. The largest absolute Gasteiger partial charge is 0.999 e. The fourth-order valence-electron chi connectivity index (χ4n) is 5.69. The van der Waals surface area contributed by atoms with Crippen LogP contribution in [0.4, 0.5) is 0 Å². The fourth-order valence-corrected chi connectivity index (χ4v) is 7.15. The highest BCUT2D eigenvalue weighted by Crippen LogP contribution is 2.40. The monoisotopic (exact) mass is 550 g/mol. The molecule has 2 aromatic rings. The number of halogens is 1. The molecule has 4 nitrogen and oxygen atoms in total. The van der Waals surface area contributed by atoms with Crippen molar-refractivity contribution in [1.82, 2.24) is 0 Å². The first kappa shape index (κ1) is 29.2. The number of rotatable bonds is 0. The topological polar surface area (TPSA) is 43.2 Å². The lowest BCUT2D eigenvalue weighted by Crippen LogP contribution is -2.29. The third kappa shape index (κ3) is 6.33. The van der Waals surface area contributed by atoms with E-state index in [9.17, 15) is 0 Å². The molecule has 2 atom stereocenters. The van der Waals surface area contributed by atoms with Crippen LogP contribution in [0.2, 0.25) is 0 Å². The maximum Gasteiger partial charge on any atom is 0.999 e. The van der Waals surface area contributed by atoms with E-state index in [2.05, 4.69) is 93.5 Å². The van der Waals surface area contributed by atoms with E-state index in [1.807, 2.05) is 0 Å². The van der Waals surface area contributed by atoms with Gasteiger partial charge in [0.05, 0.1) is 23.6 Å². The summed E-state index contributed by atoms with van der Waals surface area (Å²) in [5, 5.41) is 0. The Morgan fingerprint density at radius 1 is 0.684 bits per heavy atom. The van der Waals surface area contributed by atoms with E-state index in [0.29, 0.717) is 0 Å². The Bertz CT molecular complexity index is 1170. The lowest BCUT2D eigenvalue weighted by Gasteiger charge is -2.29. The minimum Gasteiger partial charge on any atom is -0.599 e. The van der Waals surface area contributed by atoms with E-state index in [1.165, 1.54) is 24.0 Å². The van der Waals surface area contributed by atoms with Crippen LogP contribution in [0.15, 0.2) is 34.3 Å². The molecule has 0 saturated heterocycles. The Hall–Kier alpha value is -1.80. The van der Waals surface area contributed by atoms with Gasteiger partial charge in [-0.2, -0.15) is 10.0 Å². The van der Waals surface area contributed by atoms with Gasteiger partial charge in [0.15, 0.2) is 0 Å². The molecule has 0 bridgehead atoms.